The van der Waals surface area contributed by atoms with Crippen LogP contribution < -0.4 is 5.73 Å². The van der Waals surface area contributed by atoms with Crippen LogP contribution in [0.15, 0.2) is 0 Å². The summed E-state index contributed by atoms with van der Waals surface area (Å²) in [5.74, 6) is 2.41. The van der Waals surface area contributed by atoms with E-state index in [2.05, 4.69) is 4.90 Å². The summed E-state index contributed by atoms with van der Waals surface area (Å²) in [6.07, 6.45) is 9.88. The van der Waals surface area contributed by atoms with Gasteiger partial charge >= 0.3 is 0 Å². The fourth-order valence-electron chi connectivity index (χ4n) is 4.19. The molecule has 3 heteroatoms. The van der Waals surface area contributed by atoms with Crippen LogP contribution in [0.1, 0.15) is 51.4 Å². The molecule has 3 unspecified atom stereocenters. The lowest BCUT2D eigenvalue weighted by Crippen LogP contribution is -2.48. The summed E-state index contributed by atoms with van der Waals surface area (Å²) in [5, 5.41) is 0. The Bertz CT molecular complexity index is 314. The van der Waals surface area contributed by atoms with E-state index in [1.807, 2.05) is 0 Å². The van der Waals surface area contributed by atoms with E-state index < -0.39 is 0 Å². The van der Waals surface area contributed by atoms with Gasteiger partial charge in [0.2, 0.25) is 5.91 Å². The van der Waals surface area contributed by atoms with Crippen LogP contribution in [-0.2, 0) is 4.79 Å². The number of nitrogens with zero attached hydrogens (tertiary/aromatic N) is 1. The van der Waals surface area contributed by atoms with Gasteiger partial charge in [-0.3, -0.25) is 4.79 Å². The highest BCUT2D eigenvalue weighted by Crippen LogP contribution is 2.49. The van der Waals surface area contributed by atoms with Crippen LogP contribution in [0, 0.1) is 17.8 Å². The average molecular weight is 250 g/mol. The van der Waals surface area contributed by atoms with Crippen LogP contribution >= 0.6 is 0 Å². The van der Waals surface area contributed by atoms with E-state index in [1.165, 1.54) is 44.9 Å². The molecular formula is C15H26N2O. The summed E-state index contributed by atoms with van der Waals surface area (Å²) < 4.78 is 0. The maximum absolute atomic E-state index is 12.8. The minimum atomic E-state index is 0.363. The van der Waals surface area contributed by atoms with Gasteiger partial charge in [-0.15, -0.1) is 0 Å². The van der Waals surface area contributed by atoms with Gasteiger partial charge in [0.25, 0.3) is 0 Å². The average Bonchev–Trinajstić information content (AvgIpc) is 2.93. The van der Waals surface area contributed by atoms with Crippen molar-refractivity contribution in [2.24, 2.45) is 23.5 Å². The van der Waals surface area contributed by atoms with Crippen LogP contribution in [0.3, 0.4) is 0 Å². The maximum atomic E-state index is 12.8. The highest BCUT2D eigenvalue weighted by atomic mass is 16.2. The Morgan fingerprint density at radius 1 is 1.17 bits per heavy atom. The fourth-order valence-corrected chi connectivity index (χ4v) is 4.19. The lowest BCUT2D eigenvalue weighted by Gasteiger charge is -2.40. The number of fused-ring (bicyclic) bond motifs is 2. The third kappa shape index (κ3) is 2.18. The molecule has 0 aliphatic heterocycles. The monoisotopic (exact) mass is 250 g/mol. The third-order valence-electron chi connectivity index (χ3n) is 5.46. The van der Waals surface area contributed by atoms with E-state index in [4.69, 9.17) is 5.73 Å². The van der Waals surface area contributed by atoms with Gasteiger partial charge < -0.3 is 10.6 Å². The van der Waals surface area contributed by atoms with Gasteiger partial charge in [0.15, 0.2) is 0 Å². The zero-order valence-corrected chi connectivity index (χ0v) is 11.3. The van der Waals surface area contributed by atoms with Gasteiger partial charge in [-0.05, 0) is 63.3 Å². The molecule has 3 saturated carbocycles. The van der Waals surface area contributed by atoms with Crippen molar-refractivity contribution in [2.75, 3.05) is 13.1 Å². The number of amides is 1. The Kier molecular flexibility index (Phi) is 3.60. The van der Waals surface area contributed by atoms with Crippen molar-refractivity contribution >= 4 is 5.91 Å². The summed E-state index contributed by atoms with van der Waals surface area (Å²) in [5.41, 5.74) is 5.61. The molecule has 0 spiro atoms. The molecule has 2 bridgehead atoms. The molecular weight excluding hydrogens is 224 g/mol. The van der Waals surface area contributed by atoms with Crippen molar-refractivity contribution in [3.05, 3.63) is 0 Å². The number of carbonyl (C=O) groups is 1. The van der Waals surface area contributed by atoms with E-state index in [9.17, 15) is 4.79 Å². The van der Waals surface area contributed by atoms with Gasteiger partial charge in [0.1, 0.15) is 0 Å². The molecule has 0 heterocycles. The fraction of sp³-hybridized carbons (Fsp3) is 0.933. The normalized spacial score (nSPS) is 34.6. The number of carbonyl (C=O) groups excluding carboxylic acids is 1. The van der Waals surface area contributed by atoms with E-state index >= 15 is 0 Å². The lowest BCUT2D eigenvalue weighted by atomic mass is 9.85. The lowest BCUT2D eigenvalue weighted by molar-refractivity contribution is -0.141. The molecule has 0 aromatic heterocycles. The van der Waals surface area contributed by atoms with Crippen molar-refractivity contribution in [3.63, 3.8) is 0 Å². The van der Waals surface area contributed by atoms with Crippen LogP contribution in [0.25, 0.3) is 0 Å². The first kappa shape index (κ1) is 12.5. The van der Waals surface area contributed by atoms with Gasteiger partial charge in [0, 0.05) is 18.5 Å². The van der Waals surface area contributed by atoms with Gasteiger partial charge in [0.05, 0.1) is 0 Å². The van der Waals surface area contributed by atoms with Gasteiger partial charge in [-0.25, -0.2) is 0 Å². The van der Waals surface area contributed by atoms with Crippen molar-refractivity contribution in [3.8, 4) is 0 Å². The van der Waals surface area contributed by atoms with E-state index in [1.54, 1.807) is 0 Å². The smallest absolute Gasteiger partial charge is 0.226 e. The van der Waals surface area contributed by atoms with Crippen LogP contribution in [0.5, 0.6) is 0 Å². The van der Waals surface area contributed by atoms with Crippen LogP contribution in [-0.4, -0.2) is 29.9 Å². The van der Waals surface area contributed by atoms with Gasteiger partial charge in [-0.2, -0.15) is 0 Å². The van der Waals surface area contributed by atoms with E-state index in [0.29, 0.717) is 30.3 Å². The van der Waals surface area contributed by atoms with Crippen molar-refractivity contribution in [1.82, 2.24) is 4.90 Å². The quantitative estimate of drug-likeness (QED) is 0.812. The Labute approximate surface area is 110 Å². The largest absolute Gasteiger partial charge is 0.339 e. The zero-order chi connectivity index (χ0) is 12.5. The molecule has 102 valence electrons. The van der Waals surface area contributed by atoms with Crippen molar-refractivity contribution in [1.29, 1.82) is 0 Å². The second-order valence-corrected chi connectivity index (χ2v) is 6.54. The van der Waals surface area contributed by atoms with Crippen LogP contribution in [0.4, 0.5) is 0 Å². The first-order chi connectivity index (χ1) is 8.79. The summed E-state index contributed by atoms with van der Waals surface area (Å²) in [6, 6.07) is 0.545. The number of nitrogens with two attached hydrogens (primary N) is 1. The molecule has 18 heavy (non-hydrogen) atoms. The number of hydrogen-bond acceptors (Lipinski definition) is 2. The Balaban J connectivity index is 1.63. The standard InChI is InChI=1S/C15H26N2O/c16-7-2-8-17(13-3-1-4-13)15(18)14-10-11-5-6-12(14)9-11/h11-14H,1-10,16H2. The van der Waals surface area contributed by atoms with E-state index in [0.717, 1.165) is 18.9 Å². The Hall–Kier alpha value is -0.570. The highest BCUT2D eigenvalue weighted by molar-refractivity contribution is 5.80. The number of hydrogen-bond donors (Lipinski definition) is 1. The summed E-state index contributed by atoms with van der Waals surface area (Å²) in [4.78, 5) is 15.0. The molecule has 3 aliphatic carbocycles. The molecule has 1 amide bonds. The second kappa shape index (κ2) is 5.20. The third-order valence-corrected chi connectivity index (χ3v) is 5.46. The predicted molar refractivity (Wildman–Crippen MR) is 72.0 cm³/mol. The molecule has 3 fully saturated rings. The molecule has 3 atom stereocenters. The zero-order valence-electron chi connectivity index (χ0n) is 11.3. The van der Waals surface area contributed by atoms with Crippen molar-refractivity contribution < 1.29 is 4.79 Å². The molecule has 3 rings (SSSR count). The SMILES string of the molecule is NCCCN(C(=O)C1CC2CCC1C2)C1CCC1. The minimum Gasteiger partial charge on any atom is -0.339 e. The Morgan fingerprint density at radius 2 is 2.00 bits per heavy atom. The molecule has 0 aromatic rings. The minimum absolute atomic E-state index is 0.363. The van der Waals surface area contributed by atoms with Gasteiger partial charge in [-0.1, -0.05) is 6.42 Å². The summed E-state index contributed by atoms with van der Waals surface area (Å²) in [6.45, 7) is 1.60. The maximum Gasteiger partial charge on any atom is 0.226 e. The molecule has 2 N–H and O–H groups in total. The van der Waals surface area contributed by atoms with Crippen molar-refractivity contribution in [2.45, 2.75) is 57.4 Å². The number of rotatable bonds is 5. The first-order valence-corrected chi connectivity index (χ1v) is 7.80. The molecule has 0 aromatic carbocycles. The summed E-state index contributed by atoms with van der Waals surface area (Å²) >= 11 is 0. The predicted octanol–water partition coefficient (Wildman–Crippen LogP) is 2.15. The Morgan fingerprint density at radius 3 is 2.50 bits per heavy atom. The summed E-state index contributed by atoms with van der Waals surface area (Å²) in [7, 11) is 0. The second-order valence-electron chi connectivity index (χ2n) is 6.54. The molecule has 0 radical (unpaired) electrons. The molecule has 3 aliphatic rings. The highest BCUT2D eigenvalue weighted by Gasteiger charge is 2.45. The topological polar surface area (TPSA) is 46.3 Å². The van der Waals surface area contributed by atoms with Crippen LogP contribution in [0.2, 0.25) is 0 Å². The molecule has 0 saturated heterocycles. The molecule has 3 nitrogen and oxygen atoms in total. The van der Waals surface area contributed by atoms with E-state index in [-0.39, 0.29) is 0 Å². The first-order valence-electron chi connectivity index (χ1n) is 7.80.